The first-order valence-electron chi connectivity index (χ1n) is 13.8. The molecule has 10 nitrogen and oxygen atoms in total. The number of carbonyl (C=O) groups is 4. The average Bonchev–Trinajstić information content (AvgIpc) is 3.04. The van der Waals surface area contributed by atoms with Crippen LogP contribution in [-0.4, -0.2) is 70.6 Å². The smallest absolute Gasteiger partial charge is 0.336 e. The van der Waals surface area contributed by atoms with E-state index in [1.807, 2.05) is 60.7 Å². The maximum Gasteiger partial charge on any atom is 0.336 e. The first-order valence-corrected chi connectivity index (χ1v) is 15.4. The molecule has 0 saturated heterocycles. The molecular weight excluding hydrogens is 629 g/mol. The minimum absolute atomic E-state index is 0.0516. The average molecular weight is 663 g/mol. The Balaban J connectivity index is 0.000000250. The van der Waals surface area contributed by atoms with E-state index in [9.17, 15) is 29.4 Å². The molecule has 0 atom stereocenters. The molecular formula is C34H34N2O8S2. The van der Waals surface area contributed by atoms with Crippen molar-refractivity contribution in [1.82, 2.24) is 9.80 Å². The summed E-state index contributed by atoms with van der Waals surface area (Å²) in [6.45, 7) is 0.700. The summed E-state index contributed by atoms with van der Waals surface area (Å²) in [5.41, 5.74) is 2.09. The zero-order chi connectivity index (χ0) is 33.6. The summed E-state index contributed by atoms with van der Waals surface area (Å²) < 4.78 is 11.2. The number of hydrogen-bond donors (Lipinski definition) is 2. The van der Waals surface area contributed by atoms with Gasteiger partial charge >= 0.3 is 11.9 Å². The molecule has 0 fully saturated rings. The minimum Gasteiger partial charge on any atom is -0.489 e. The molecule has 0 bridgehead atoms. The van der Waals surface area contributed by atoms with Crippen molar-refractivity contribution >= 4 is 45.9 Å². The van der Waals surface area contributed by atoms with Crippen molar-refractivity contribution in [2.75, 3.05) is 28.2 Å². The molecule has 240 valence electrons. The lowest BCUT2D eigenvalue weighted by molar-refractivity contribution is 0.0682. The van der Waals surface area contributed by atoms with Gasteiger partial charge in [0.25, 0.3) is 10.5 Å². The summed E-state index contributed by atoms with van der Waals surface area (Å²) in [6, 6.07) is 28.6. The number of rotatable bonds is 10. The van der Waals surface area contributed by atoms with Crippen LogP contribution < -0.4 is 9.47 Å². The number of carbonyl (C=O) groups excluding carboxylic acids is 2. The topological polar surface area (TPSA) is 134 Å². The SMILES string of the molecule is CN(C)C(=O)Sc1ccc(OCc2ccccc2)cc1C(=O)O.CN(C)C(=O)Sc1ccc(OCc2ccccc2)cc1C(=O)O. The van der Waals surface area contributed by atoms with Crippen molar-refractivity contribution in [2.45, 2.75) is 23.0 Å². The third-order valence-corrected chi connectivity index (χ3v) is 8.22. The number of amides is 2. The van der Waals surface area contributed by atoms with E-state index in [4.69, 9.17) is 9.47 Å². The van der Waals surface area contributed by atoms with E-state index in [1.54, 1.807) is 52.5 Å². The molecule has 0 radical (unpaired) electrons. The highest BCUT2D eigenvalue weighted by Crippen LogP contribution is 2.30. The lowest BCUT2D eigenvalue weighted by Gasteiger charge is -2.12. The monoisotopic (exact) mass is 662 g/mol. The third-order valence-electron chi connectivity index (χ3n) is 5.98. The van der Waals surface area contributed by atoms with Crippen molar-refractivity contribution in [2.24, 2.45) is 0 Å². The van der Waals surface area contributed by atoms with Gasteiger partial charge in [0.15, 0.2) is 0 Å². The maximum atomic E-state index is 11.7. The standard InChI is InChI=1S/2C17H17NO4S/c2*1-18(2)17(21)23-15-9-8-13(10-14(15)16(19)20)22-11-12-6-4-3-5-7-12/h2*3-10H,11H2,1-2H3,(H,19,20). The number of thioether (sulfide) groups is 2. The van der Waals surface area contributed by atoms with Crippen molar-refractivity contribution in [3.8, 4) is 11.5 Å². The Labute approximate surface area is 275 Å². The molecule has 2 N–H and O–H groups in total. The molecule has 46 heavy (non-hydrogen) atoms. The van der Waals surface area contributed by atoms with Crippen LogP contribution >= 0.6 is 23.5 Å². The molecule has 0 unspecified atom stereocenters. The number of benzene rings is 4. The Bertz CT molecular complexity index is 1520. The molecule has 0 aromatic heterocycles. The van der Waals surface area contributed by atoms with Gasteiger partial charge in [-0.15, -0.1) is 0 Å². The summed E-state index contributed by atoms with van der Waals surface area (Å²) in [7, 11) is 6.47. The molecule has 4 rings (SSSR count). The summed E-state index contributed by atoms with van der Waals surface area (Å²) in [5.74, 6) is -1.28. The third kappa shape index (κ3) is 11.2. The number of carboxylic acids is 2. The fourth-order valence-electron chi connectivity index (χ4n) is 3.56. The molecule has 0 aliphatic heterocycles. The van der Waals surface area contributed by atoms with Crippen LogP contribution in [0.5, 0.6) is 11.5 Å². The van der Waals surface area contributed by atoms with Crippen molar-refractivity contribution in [1.29, 1.82) is 0 Å². The maximum absolute atomic E-state index is 11.7. The van der Waals surface area contributed by atoms with Gasteiger partial charge in [-0.25, -0.2) is 9.59 Å². The number of nitrogens with zero attached hydrogens (tertiary/aromatic N) is 2. The molecule has 0 heterocycles. The van der Waals surface area contributed by atoms with Gasteiger partial charge in [0.05, 0.1) is 11.1 Å². The summed E-state index contributed by atoms with van der Waals surface area (Å²) in [4.78, 5) is 49.9. The number of hydrogen-bond acceptors (Lipinski definition) is 8. The minimum atomic E-state index is -1.09. The van der Waals surface area contributed by atoms with E-state index in [1.165, 1.54) is 21.9 Å². The van der Waals surface area contributed by atoms with E-state index in [2.05, 4.69) is 0 Å². The molecule has 0 aliphatic carbocycles. The molecule has 0 saturated carbocycles. The highest BCUT2D eigenvalue weighted by Gasteiger charge is 2.18. The summed E-state index contributed by atoms with van der Waals surface area (Å²) in [5, 5.41) is 18.2. The zero-order valence-electron chi connectivity index (χ0n) is 25.7. The molecule has 0 aliphatic rings. The Morgan fingerprint density at radius 3 is 1.22 bits per heavy atom. The van der Waals surface area contributed by atoms with Crippen molar-refractivity contribution < 1.29 is 38.9 Å². The largest absolute Gasteiger partial charge is 0.489 e. The van der Waals surface area contributed by atoms with Crippen LogP contribution in [0, 0.1) is 0 Å². The van der Waals surface area contributed by atoms with Gasteiger partial charge in [0, 0.05) is 38.0 Å². The van der Waals surface area contributed by atoms with E-state index in [-0.39, 0.29) is 21.6 Å². The first-order chi connectivity index (χ1) is 21.9. The Kier molecular flexibility index (Phi) is 13.5. The van der Waals surface area contributed by atoms with Crippen molar-refractivity contribution in [3.05, 3.63) is 119 Å². The highest BCUT2D eigenvalue weighted by atomic mass is 32.2. The Hall–Kier alpha value is -4.94. The van der Waals surface area contributed by atoms with Crippen LogP contribution in [0.15, 0.2) is 107 Å². The molecule has 2 amide bonds. The van der Waals surface area contributed by atoms with Crippen LogP contribution in [0.3, 0.4) is 0 Å². The Morgan fingerprint density at radius 2 is 0.913 bits per heavy atom. The number of ether oxygens (including phenoxy) is 2. The van der Waals surface area contributed by atoms with Gasteiger partial charge in [-0.3, -0.25) is 9.59 Å². The first kappa shape index (κ1) is 35.5. The lowest BCUT2D eigenvalue weighted by atomic mass is 10.2. The second-order valence-corrected chi connectivity index (χ2v) is 12.0. The van der Waals surface area contributed by atoms with E-state index in [0.717, 1.165) is 34.7 Å². The van der Waals surface area contributed by atoms with Gasteiger partial charge in [-0.1, -0.05) is 60.7 Å². The van der Waals surface area contributed by atoms with E-state index in [0.29, 0.717) is 34.5 Å². The van der Waals surface area contributed by atoms with Gasteiger partial charge in [0.2, 0.25) is 0 Å². The van der Waals surface area contributed by atoms with Crippen LogP contribution in [0.2, 0.25) is 0 Å². The van der Waals surface area contributed by atoms with Crippen LogP contribution in [0.4, 0.5) is 9.59 Å². The van der Waals surface area contributed by atoms with Crippen LogP contribution in [0.1, 0.15) is 31.8 Å². The van der Waals surface area contributed by atoms with Gasteiger partial charge < -0.3 is 29.5 Å². The van der Waals surface area contributed by atoms with Crippen molar-refractivity contribution in [3.63, 3.8) is 0 Å². The second kappa shape index (κ2) is 17.5. The number of carboxylic acid groups (broad SMARTS) is 2. The normalized spacial score (nSPS) is 10.2. The fourth-order valence-corrected chi connectivity index (χ4v) is 5.09. The van der Waals surface area contributed by atoms with Gasteiger partial charge in [-0.05, 0) is 71.0 Å². The van der Waals surface area contributed by atoms with E-state index < -0.39 is 11.9 Å². The molecule has 4 aromatic rings. The molecule has 4 aromatic carbocycles. The predicted molar refractivity (Wildman–Crippen MR) is 178 cm³/mol. The van der Waals surface area contributed by atoms with Crippen LogP contribution in [-0.2, 0) is 13.2 Å². The summed E-state index contributed by atoms with van der Waals surface area (Å²) in [6.07, 6.45) is 0. The molecule has 12 heteroatoms. The predicted octanol–water partition coefficient (Wildman–Crippen LogP) is 7.48. The Morgan fingerprint density at radius 1 is 0.565 bits per heavy atom. The fraction of sp³-hybridized carbons (Fsp3) is 0.176. The zero-order valence-corrected chi connectivity index (χ0v) is 27.3. The lowest BCUT2D eigenvalue weighted by Crippen LogP contribution is -2.16. The summed E-state index contributed by atoms with van der Waals surface area (Å²) >= 11 is 1.76. The van der Waals surface area contributed by atoms with Gasteiger partial charge in [0.1, 0.15) is 24.7 Å². The molecule has 0 spiro atoms. The number of aromatic carboxylic acids is 2. The van der Waals surface area contributed by atoms with Gasteiger partial charge in [-0.2, -0.15) is 0 Å². The van der Waals surface area contributed by atoms with E-state index >= 15 is 0 Å². The quantitative estimate of drug-likeness (QED) is 0.165. The van der Waals surface area contributed by atoms with Crippen LogP contribution in [0.25, 0.3) is 0 Å². The highest BCUT2D eigenvalue weighted by molar-refractivity contribution is 8.13. The second-order valence-electron chi connectivity index (χ2n) is 10.00.